The molecule has 0 spiro atoms. The fourth-order valence-electron chi connectivity index (χ4n) is 1.65. The van der Waals surface area contributed by atoms with Crippen LogP contribution in [0, 0.1) is 0 Å². The number of benzene rings is 1. The Labute approximate surface area is 103 Å². The highest BCUT2D eigenvalue weighted by atomic mass is 16.5. The number of carbonyl (C=O) groups excluding carboxylic acids is 1. The van der Waals surface area contributed by atoms with Gasteiger partial charge < -0.3 is 4.74 Å². The summed E-state index contributed by atoms with van der Waals surface area (Å²) in [6.45, 7) is 6.03. The average Bonchev–Trinajstić information content (AvgIpc) is 2.36. The Morgan fingerprint density at radius 3 is 2.59 bits per heavy atom. The zero-order chi connectivity index (χ0) is 12.5. The van der Waals surface area contributed by atoms with E-state index in [4.69, 9.17) is 4.74 Å². The normalized spacial score (nSPS) is 9.94. The van der Waals surface area contributed by atoms with Crippen molar-refractivity contribution in [3.8, 4) is 0 Å². The molecule has 0 atom stereocenters. The lowest BCUT2D eigenvalue weighted by atomic mass is 10.1. The fourth-order valence-corrected chi connectivity index (χ4v) is 1.65. The number of hydrogen-bond donors (Lipinski definition) is 0. The van der Waals surface area contributed by atoms with Gasteiger partial charge in [0, 0.05) is 6.42 Å². The first-order valence-electron chi connectivity index (χ1n) is 6.13. The number of rotatable bonds is 7. The van der Waals surface area contributed by atoms with Crippen molar-refractivity contribution in [1.82, 2.24) is 0 Å². The van der Waals surface area contributed by atoms with Gasteiger partial charge in [-0.2, -0.15) is 0 Å². The summed E-state index contributed by atoms with van der Waals surface area (Å²) in [5, 5.41) is 0. The van der Waals surface area contributed by atoms with Crippen LogP contribution in [0.5, 0.6) is 0 Å². The molecule has 0 bridgehead atoms. The van der Waals surface area contributed by atoms with Crippen LogP contribution in [0.4, 0.5) is 0 Å². The quantitative estimate of drug-likeness (QED) is 0.530. The highest BCUT2D eigenvalue weighted by Crippen LogP contribution is 2.09. The topological polar surface area (TPSA) is 26.3 Å². The maximum Gasteiger partial charge on any atom is 0.305 e. The van der Waals surface area contributed by atoms with Crippen molar-refractivity contribution in [3.63, 3.8) is 0 Å². The Bertz CT molecular complexity index is 352. The molecule has 0 radical (unpaired) electrons. The molecule has 0 N–H and O–H groups in total. The first-order valence-corrected chi connectivity index (χ1v) is 6.13. The van der Waals surface area contributed by atoms with Gasteiger partial charge in [-0.1, -0.05) is 36.9 Å². The standard InChI is InChI=1S/C15H20O2/c1-3-13-9-11-14(12-10-13)7-5-6-8-15(16)17-4-2/h3,9-12H,1,4-8H2,2H3. The lowest BCUT2D eigenvalue weighted by Crippen LogP contribution is -2.03. The van der Waals surface area contributed by atoms with E-state index in [0.29, 0.717) is 13.0 Å². The number of ether oxygens (including phenoxy) is 1. The third-order valence-corrected chi connectivity index (χ3v) is 2.62. The number of aryl methyl sites for hydroxylation is 1. The van der Waals surface area contributed by atoms with E-state index in [1.165, 1.54) is 5.56 Å². The van der Waals surface area contributed by atoms with Gasteiger partial charge >= 0.3 is 5.97 Å². The van der Waals surface area contributed by atoms with Gasteiger partial charge in [0.15, 0.2) is 0 Å². The van der Waals surface area contributed by atoms with E-state index in [1.54, 1.807) is 0 Å². The van der Waals surface area contributed by atoms with Gasteiger partial charge in [-0.3, -0.25) is 4.79 Å². The molecule has 0 saturated carbocycles. The van der Waals surface area contributed by atoms with Crippen molar-refractivity contribution in [2.24, 2.45) is 0 Å². The predicted molar refractivity (Wildman–Crippen MR) is 70.7 cm³/mol. The lowest BCUT2D eigenvalue weighted by molar-refractivity contribution is -0.143. The molecular weight excluding hydrogens is 212 g/mol. The Morgan fingerprint density at radius 1 is 1.29 bits per heavy atom. The van der Waals surface area contributed by atoms with E-state index in [9.17, 15) is 4.79 Å². The average molecular weight is 232 g/mol. The van der Waals surface area contributed by atoms with Gasteiger partial charge in [-0.05, 0) is 37.3 Å². The van der Waals surface area contributed by atoms with Crippen LogP contribution in [0.15, 0.2) is 30.8 Å². The molecule has 1 aromatic carbocycles. The van der Waals surface area contributed by atoms with Crippen LogP contribution in [0.3, 0.4) is 0 Å². The largest absolute Gasteiger partial charge is 0.466 e. The zero-order valence-electron chi connectivity index (χ0n) is 10.4. The number of unbranched alkanes of at least 4 members (excludes halogenated alkanes) is 1. The van der Waals surface area contributed by atoms with Crippen molar-refractivity contribution >= 4 is 12.0 Å². The van der Waals surface area contributed by atoms with Crippen molar-refractivity contribution in [1.29, 1.82) is 0 Å². The highest BCUT2D eigenvalue weighted by molar-refractivity contribution is 5.69. The monoisotopic (exact) mass is 232 g/mol. The van der Waals surface area contributed by atoms with Crippen LogP contribution < -0.4 is 0 Å². The summed E-state index contributed by atoms with van der Waals surface area (Å²) in [5.74, 6) is -0.0884. The van der Waals surface area contributed by atoms with Crippen LogP contribution in [0.1, 0.15) is 37.3 Å². The first kappa shape index (κ1) is 13.5. The second-order valence-electron chi connectivity index (χ2n) is 3.96. The molecule has 0 fully saturated rings. The van der Waals surface area contributed by atoms with Gasteiger partial charge in [0.1, 0.15) is 0 Å². The molecule has 0 saturated heterocycles. The molecule has 0 aliphatic heterocycles. The van der Waals surface area contributed by atoms with Gasteiger partial charge in [0.2, 0.25) is 0 Å². The molecule has 2 nitrogen and oxygen atoms in total. The molecule has 0 aliphatic rings. The van der Waals surface area contributed by atoms with Crippen molar-refractivity contribution in [2.75, 3.05) is 6.61 Å². The van der Waals surface area contributed by atoms with E-state index >= 15 is 0 Å². The Balaban J connectivity index is 2.21. The minimum atomic E-state index is -0.0884. The van der Waals surface area contributed by atoms with Crippen molar-refractivity contribution < 1.29 is 9.53 Å². The third-order valence-electron chi connectivity index (χ3n) is 2.62. The maximum absolute atomic E-state index is 11.1. The summed E-state index contributed by atoms with van der Waals surface area (Å²) in [6.07, 6.45) is 5.29. The second kappa shape index (κ2) is 7.66. The molecule has 0 aliphatic carbocycles. The summed E-state index contributed by atoms with van der Waals surface area (Å²) < 4.78 is 4.87. The van der Waals surface area contributed by atoms with Crippen LogP contribution in [0.25, 0.3) is 6.08 Å². The molecule has 0 amide bonds. The molecule has 0 heterocycles. The minimum absolute atomic E-state index is 0.0884. The first-order chi connectivity index (χ1) is 8.26. The summed E-state index contributed by atoms with van der Waals surface area (Å²) in [7, 11) is 0. The molecule has 2 heteroatoms. The van der Waals surface area contributed by atoms with E-state index < -0.39 is 0 Å². The van der Waals surface area contributed by atoms with E-state index in [-0.39, 0.29) is 5.97 Å². The second-order valence-corrected chi connectivity index (χ2v) is 3.96. The SMILES string of the molecule is C=Cc1ccc(CCCCC(=O)OCC)cc1. The summed E-state index contributed by atoms with van der Waals surface area (Å²) in [5.41, 5.74) is 2.44. The number of esters is 1. The molecule has 0 aromatic heterocycles. The van der Waals surface area contributed by atoms with Gasteiger partial charge in [-0.15, -0.1) is 0 Å². The Kier molecular flexibility index (Phi) is 6.08. The Hall–Kier alpha value is -1.57. The smallest absolute Gasteiger partial charge is 0.305 e. The zero-order valence-corrected chi connectivity index (χ0v) is 10.4. The predicted octanol–water partition coefficient (Wildman–Crippen LogP) is 3.61. The van der Waals surface area contributed by atoms with E-state index in [2.05, 4.69) is 30.8 Å². The Morgan fingerprint density at radius 2 is 2.00 bits per heavy atom. The lowest BCUT2D eigenvalue weighted by Gasteiger charge is -2.03. The van der Waals surface area contributed by atoms with Crippen LogP contribution in [-0.4, -0.2) is 12.6 Å². The van der Waals surface area contributed by atoms with E-state index in [1.807, 2.05) is 13.0 Å². The third kappa shape index (κ3) is 5.34. The molecular formula is C15H20O2. The highest BCUT2D eigenvalue weighted by Gasteiger charge is 2.01. The molecule has 1 aromatic rings. The molecule has 0 unspecified atom stereocenters. The van der Waals surface area contributed by atoms with Crippen LogP contribution in [-0.2, 0) is 16.0 Å². The summed E-state index contributed by atoms with van der Waals surface area (Å²) >= 11 is 0. The van der Waals surface area contributed by atoms with Gasteiger partial charge in [0.25, 0.3) is 0 Å². The summed E-state index contributed by atoms with van der Waals surface area (Å²) in [4.78, 5) is 11.1. The van der Waals surface area contributed by atoms with Crippen molar-refractivity contribution in [3.05, 3.63) is 42.0 Å². The molecule has 17 heavy (non-hydrogen) atoms. The van der Waals surface area contributed by atoms with Crippen molar-refractivity contribution in [2.45, 2.75) is 32.6 Å². The van der Waals surface area contributed by atoms with Crippen LogP contribution in [0.2, 0.25) is 0 Å². The summed E-state index contributed by atoms with van der Waals surface area (Å²) in [6, 6.07) is 8.35. The van der Waals surface area contributed by atoms with Crippen LogP contribution >= 0.6 is 0 Å². The van der Waals surface area contributed by atoms with Gasteiger partial charge in [-0.25, -0.2) is 0 Å². The van der Waals surface area contributed by atoms with Gasteiger partial charge in [0.05, 0.1) is 6.61 Å². The molecule has 1 rings (SSSR count). The molecule has 92 valence electrons. The maximum atomic E-state index is 11.1. The fraction of sp³-hybridized carbons (Fsp3) is 0.400. The minimum Gasteiger partial charge on any atom is -0.466 e. The number of hydrogen-bond acceptors (Lipinski definition) is 2. The number of carbonyl (C=O) groups is 1. The van der Waals surface area contributed by atoms with E-state index in [0.717, 1.165) is 24.8 Å².